The van der Waals surface area contributed by atoms with Crippen molar-refractivity contribution in [2.24, 2.45) is 0 Å². The number of carbonyl (C=O) groups excluding carboxylic acids is 1. The molecule has 1 amide bonds. The summed E-state index contributed by atoms with van der Waals surface area (Å²) in [5, 5.41) is 4.77. The van der Waals surface area contributed by atoms with Crippen LogP contribution >= 0.6 is 23.4 Å². The number of anilines is 1. The summed E-state index contributed by atoms with van der Waals surface area (Å²) in [4.78, 5) is 19.8. The number of nitrogens with zero attached hydrogens (tertiary/aromatic N) is 2. The Balaban J connectivity index is 1.36. The zero-order valence-corrected chi connectivity index (χ0v) is 18.2. The molecule has 30 heavy (non-hydrogen) atoms. The Labute approximate surface area is 186 Å². The molecule has 0 radical (unpaired) electrons. The van der Waals surface area contributed by atoms with Crippen LogP contribution in [0.15, 0.2) is 78.0 Å². The summed E-state index contributed by atoms with van der Waals surface area (Å²) in [6, 6.07) is 21.4. The molecule has 1 aliphatic heterocycles. The van der Waals surface area contributed by atoms with E-state index in [0.29, 0.717) is 21.5 Å². The maximum Gasteiger partial charge on any atom is 0.258 e. The number of thioether (sulfide) groups is 1. The van der Waals surface area contributed by atoms with E-state index in [-0.39, 0.29) is 5.91 Å². The largest absolute Gasteiger partial charge is 0.322 e. The van der Waals surface area contributed by atoms with Gasteiger partial charge in [-0.15, -0.1) is 11.8 Å². The van der Waals surface area contributed by atoms with Gasteiger partial charge >= 0.3 is 0 Å². The molecule has 4 rings (SSSR count). The fraction of sp³-hybridized carbons (Fsp3) is 0.250. The van der Waals surface area contributed by atoms with E-state index in [4.69, 9.17) is 11.6 Å². The molecule has 1 fully saturated rings. The zero-order chi connectivity index (χ0) is 20.8. The third kappa shape index (κ3) is 5.63. The molecular weight excluding hydrogens is 414 g/mol. The lowest BCUT2D eigenvalue weighted by atomic mass is 10.1. The van der Waals surface area contributed by atoms with Crippen molar-refractivity contribution < 1.29 is 4.79 Å². The molecule has 0 bridgehead atoms. The predicted molar refractivity (Wildman–Crippen MR) is 124 cm³/mol. The van der Waals surface area contributed by atoms with Crippen LogP contribution in [0.3, 0.4) is 0 Å². The second-order valence-electron chi connectivity index (χ2n) is 7.40. The number of pyridine rings is 1. The molecule has 1 aliphatic rings. The molecule has 0 saturated carbocycles. The van der Waals surface area contributed by atoms with Crippen molar-refractivity contribution in [3.8, 4) is 0 Å². The highest BCUT2D eigenvalue weighted by molar-refractivity contribution is 7.99. The smallest absolute Gasteiger partial charge is 0.258 e. The first-order chi connectivity index (χ1) is 14.7. The van der Waals surface area contributed by atoms with Crippen LogP contribution in [0, 0.1) is 0 Å². The minimum atomic E-state index is -0.158. The van der Waals surface area contributed by atoms with E-state index in [1.54, 1.807) is 36.2 Å². The quantitative estimate of drug-likeness (QED) is 0.533. The average molecular weight is 438 g/mol. The topological polar surface area (TPSA) is 45.2 Å². The fourth-order valence-corrected chi connectivity index (χ4v) is 4.97. The number of carbonyl (C=O) groups is 1. The summed E-state index contributed by atoms with van der Waals surface area (Å²) in [5.41, 5.74) is 2.64. The van der Waals surface area contributed by atoms with Crippen LogP contribution in [0.1, 0.15) is 28.8 Å². The van der Waals surface area contributed by atoms with Gasteiger partial charge in [0, 0.05) is 28.7 Å². The van der Waals surface area contributed by atoms with Crippen LogP contribution in [0.4, 0.5) is 5.69 Å². The number of rotatable bonds is 6. The molecule has 1 N–H and O–H groups in total. The van der Waals surface area contributed by atoms with E-state index in [1.807, 2.05) is 18.2 Å². The summed E-state index contributed by atoms with van der Waals surface area (Å²) < 4.78 is 0. The first-order valence-electron chi connectivity index (χ1n) is 10.1. The van der Waals surface area contributed by atoms with Crippen molar-refractivity contribution in [1.82, 2.24) is 9.88 Å². The van der Waals surface area contributed by atoms with Gasteiger partial charge in [0.15, 0.2) is 0 Å². The summed E-state index contributed by atoms with van der Waals surface area (Å²) in [5.74, 6) is -0.158. The maximum atomic E-state index is 12.8. The van der Waals surface area contributed by atoms with Gasteiger partial charge in [0.2, 0.25) is 0 Å². The number of benzene rings is 2. The molecule has 6 heteroatoms. The normalized spacial score (nSPS) is 15.1. The van der Waals surface area contributed by atoms with Gasteiger partial charge < -0.3 is 5.32 Å². The highest BCUT2D eigenvalue weighted by atomic mass is 35.5. The third-order valence-corrected chi connectivity index (χ3v) is 6.75. The van der Waals surface area contributed by atoms with E-state index >= 15 is 0 Å². The lowest BCUT2D eigenvalue weighted by molar-refractivity contribution is 0.102. The molecule has 4 nitrogen and oxygen atoms in total. The molecule has 0 spiro atoms. The number of halogens is 1. The van der Waals surface area contributed by atoms with Crippen LogP contribution in [0.5, 0.6) is 0 Å². The van der Waals surface area contributed by atoms with Crippen molar-refractivity contribution in [3.05, 3.63) is 89.1 Å². The van der Waals surface area contributed by atoms with Crippen LogP contribution in [0.2, 0.25) is 5.02 Å². The minimum Gasteiger partial charge on any atom is -0.322 e. The Morgan fingerprint density at radius 3 is 2.63 bits per heavy atom. The second kappa shape index (κ2) is 10.1. The molecule has 154 valence electrons. The average Bonchev–Trinajstić information content (AvgIpc) is 2.76. The van der Waals surface area contributed by atoms with Gasteiger partial charge in [0.05, 0.1) is 5.56 Å². The SMILES string of the molecule is O=C(Nc1cccc(Cl)c1)c1cccnc1SC1CCN(Cc2ccccc2)CC1. The van der Waals surface area contributed by atoms with Gasteiger partial charge in [0.25, 0.3) is 5.91 Å². The summed E-state index contributed by atoms with van der Waals surface area (Å²) in [6.07, 6.45) is 3.93. The van der Waals surface area contributed by atoms with E-state index < -0.39 is 0 Å². The van der Waals surface area contributed by atoms with Crippen LogP contribution in [-0.4, -0.2) is 34.1 Å². The maximum absolute atomic E-state index is 12.8. The number of hydrogen-bond acceptors (Lipinski definition) is 4. The van der Waals surface area contributed by atoms with Crippen molar-refractivity contribution >= 4 is 35.0 Å². The lowest BCUT2D eigenvalue weighted by Crippen LogP contribution is -2.34. The highest BCUT2D eigenvalue weighted by Crippen LogP contribution is 2.32. The van der Waals surface area contributed by atoms with Crippen LogP contribution < -0.4 is 5.32 Å². The molecule has 1 saturated heterocycles. The van der Waals surface area contributed by atoms with Gasteiger partial charge in [-0.3, -0.25) is 9.69 Å². The Hall–Kier alpha value is -2.34. The molecular formula is C24H24ClN3OS. The highest BCUT2D eigenvalue weighted by Gasteiger charge is 2.23. The predicted octanol–water partition coefficient (Wildman–Crippen LogP) is 5.74. The minimum absolute atomic E-state index is 0.158. The summed E-state index contributed by atoms with van der Waals surface area (Å²) in [6.45, 7) is 3.11. The van der Waals surface area contributed by atoms with Crippen LogP contribution in [-0.2, 0) is 6.54 Å². The molecule has 3 aromatic rings. The summed E-state index contributed by atoms with van der Waals surface area (Å²) in [7, 11) is 0. The molecule has 2 heterocycles. The van der Waals surface area contributed by atoms with Crippen molar-refractivity contribution in [3.63, 3.8) is 0 Å². The van der Waals surface area contributed by atoms with Gasteiger partial charge in [0.1, 0.15) is 5.03 Å². The molecule has 0 unspecified atom stereocenters. The molecule has 0 atom stereocenters. The number of likely N-dealkylation sites (tertiary alicyclic amines) is 1. The first kappa shape index (κ1) is 20.9. The monoisotopic (exact) mass is 437 g/mol. The van der Waals surface area contributed by atoms with E-state index in [0.717, 1.165) is 37.5 Å². The lowest BCUT2D eigenvalue weighted by Gasteiger charge is -2.31. The Morgan fingerprint density at radius 2 is 1.87 bits per heavy atom. The third-order valence-electron chi connectivity index (χ3n) is 5.16. The zero-order valence-electron chi connectivity index (χ0n) is 16.6. The Bertz CT molecular complexity index is 991. The molecule has 0 aliphatic carbocycles. The van der Waals surface area contributed by atoms with Gasteiger partial charge in [-0.25, -0.2) is 4.98 Å². The number of aromatic nitrogens is 1. The standard InChI is InChI=1S/C24H24ClN3OS/c25-19-8-4-9-20(16-19)27-23(29)22-10-5-13-26-24(22)30-21-11-14-28(15-12-21)17-18-6-2-1-3-7-18/h1-10,13,16,21H,11-12,14-15,17H2,(H,27,29). The van der Waals surface area contributed by atoms with Gasteiger partial charge in [-0.1, -0.05) is 48.0 Å². The van der Waals surface area contributed by atoms with Crippen LogP contribution in [0.25, 0.3) is 0 Å². The molecule has 2 aromatic carbocycles. The number of piperidine rings is 1. The number of amides is 1. The van der Waals surface area contributed by atoms with Crippen molar-refractivity contribution in [1.29, 1.82) is 0 Å². The van der Waals surface area contributed by atoms with Crippen molar-refractivity contribution in [2.75, 3.05) is 18.4 Å². The van der Waals surface area contributed by atoms with Gasteiger partial charge in [-0.05, 0) is 61.8 Å². The number of hydrogen-bond donors (Lipinski definition) is 1. The van der Waals surface area contributed by atoms with Gasteiger partial charge in [-0.2, -0.15) is 0 Å². The van der Waals surface area contributed by atoms with Crippen molar-refractivity contribution in [2.45, 2.75) is 29.7 Å². The summed E-state index contributed by atoms with van der Waals surface area (Å²) >= 11 is 7.74. The number of nitrogens with one attached hydrogen (secondary N) is 1. The Morgan fingerprint density at radius 1 is 1.07 bits per heavy atom. The second-order valence-corrected chi connectivity index (χ2v) is 9.13. The fourth-order valence-electron chi connectivity index (χ4n) is 3.61. The van der Waals surface area contributed by atoms with E-state index in [2.05, 4.69) is 45.5 Å². The first-order valence-corrected chi connectivity index (χ1v) is 11.4. The van der Waals surface area contributed by atoms with E-state index in [9.17, 15) is 4.79 Å². The molecule has 1 aromatic heterocycles. The Kier molecular flexibility index (Phi) is 7.05. The van der Waals surface area contributed by atoms with E-state index in [1.165, 1.54) is 5.56 Å².